The third kappa shape index (κ3) is 3.38. The van der Waals surface area contributed by atoms with E-state index < -0.39 is 0 Å². The van der Waals surface area contributed by atoms with Crippen LogP contribution in [0.4, 0.5) is 10.5 Å². The number of nitrogens with two attached hydrogens (primary N) is 1. The van der Waals surface area contributed by atoms with Gasteiger partial charge in [0.15, 0.2) is 0 Å². The zero-order valence-electron chi connectivity index (χ0n) is 11.4. The van der Waals surface area contributed by atoms with Gasteiger partial charge < -0.3 is 20.7 Å². The van der Waals surface area contributed by atoms with Crippen LogP contribution in [-0.2, 0) is 0 Å². The van der Waals surface area contributed by atoms with Gasteiger partial charge in [-0.2, -0.15) is 0 Å². The standard InChI is InChI=1S/C14H21N3O2/c1-17(13(9-15)10-3-4-10)14(18)16-11-5-7-12(19-2)8-6-11/h5-8,10,13H,3-4,9,15H2,1-2H3,(H,16,18). The summed E-state index contributed by atoms with van der Waals surface area (Å²) < 4.78 is 5.08. The summed E-state index contributed by atoms with van der Waals surface area (Å²) in [5, 5.41) is 2.87. The van der Waals surface area contributed by atoms with Gasteiger partial charge in [0.1, 0.15) is 5.75 Å². The molecule has 19 heavy (non-hydrogen) atoms. The van der Waals surface area contributed by atoms with Crippen molar-refractivity contribution in [3.8, 4) is 5.75 Å². The fourth-order valence-electron chi connectivity index (χ4n) is 2.18. The Morgan fingerprint density at radius 2 is 2.11 bits per heavy atom. The number of benzene rings is 1. The molecule has 1 aromatic rings. The summed E-state index contributed by atoms with van der Waals surface area (Å²) in [6.07, 6.45) is 2.34. The van der Waals surface area contributed by atoms with Crippen molar-refractivity contribution in [3.63, 3.8) is 0 Å². The van der Waals surface area contributed by atoms with Gasteiger partial charge in [0.05, 0.1) is 7.11 Å². The smallest absolute Gasteiger partial charge is 0.321 e. The maximum atomic E-state index is 12.1. The molecule has 3 N–H and O–H groups in total. The maximum Gasteiger partial charge on any atom is 0.321 e. The Kier molecular flexibility index (Phi) is 4.27. The Bertz CT molecular complexity index is 429. The molecule has 1 aliphatic rings. The first-order valence-electron chi connectivity index (χ1n) is 6.53. The highest BCUT2D eigenvalue weighted by Crippen LogP contribution is 2.34. The van der Waals surface area contributed by atoms with Gasteiger partial charge in [0, 0.05) is 25.3 Å². The molecule has 0 heterocycles. The molecular formula is C14H21N3O2. The summed E-state index contributed by atoms with van der Waals surface area (Å²) in [6, 6.07) is 7.29. The normalized spacial score (nSPS) is 15.7. The molecule has 5 heteroatoms. The molecule has 0 spiro atoms. The van der Waals surface area contributed by atoms with E-state index in [1.54, 1.807) is 19.1 Å². The third-order valence-corrected chi connectivity index (χ3v) is 3.57. The molecule has 1 saturated carbocycles. The van der Waals surface area contributed by atoms with E-state index in [4.69, 9.17) is 10.5 Å². The summed E-state index contributed by atoms with van der Waals surface area (Å²) in [6.45, 7) is 0.511. The van der Waals surface area contributed by atoms with Gasteiger partial charge in [0.25, 0.3) is 0 Å². The van der Waals surface area contributed by atoms with Crippen molar-refractivity contribution in [2.24, 2.45) is 11.7 Å². The van der Waals surface area contributed by atoms with E-state index in [1.807, 2.05) is 24.3 Å². The number of likely N-dealkylation sites (N-methyl/N-ethyl adjacent to an activating group) is 1. The van der Waals surface area contributed by atoms with Gasteiger partial charge in [0.2, 0.25) is 0 Å². The zero-order valence-corrected chi connectivity index (χ0v) is 11.4. The van der Waals surface area contributed by atoms with E-state index in [9.17, 15) is 4.79 Å². The molecule has 1 aliphatic carbocycles. The number of methoxy groups -OCH3 is 1. The fourth-order valence-corrected chi connectivity index (χ4v) is 2.18. The number of carbonyl (C=O) groups is 1. The monoisotopic (exact) mass is 263 g/mol. The first-order valence-corrected chi connectivity index (χ1v) is 6.53. The molecule has 2 amide bonds. The first-order chi connectivity index (χ1) is 9.15. The molecule has 0 radical (unpaired) electrons. The van der Waals surface area contributed by atoms with E-state index in [0.717, 1.165) is 11.4 Å². The number of rotatable bonds is 5. The molecule has 2 rings (SSSR count). The summed E-state index contributed by atoms with van der Waals surface area (Å²) in [7, 11) is 3.41. The van der Waals surface area contributed by atoms with Crippen LogP contribution in [0.1, 0.15) is 12.8 Å². The molecule has 0 aliphatic heterocycles. The topological polar surface area (TPSA) is 67.6 Å². The van der Waals surface area contributed by atoms with Crippen molar-refractivity contribution in [1.29, 1.82) is 0 Å². The van der Waals surface area contributed by atoms with Crippen molar-refractivity contribution in [2.45, 2.75) is 18.9 Å². The van der Waals surface area contributed by atoms with Gasteiger partial charge in [-0.1, -0.05) is 0 Å². The number of nitrogens with one attached hydrogen (secondary N) is 1. The number of nitrogens with zero attached hydrogens (tertiary/aromatic N) is 1. The molecule has 1 atom stereocenters. The minimum atomic E-state index is -0.118. The molecule has 0 aromatic heterocycles. The summed E-state index contributed by atoms with van der Waals surface area (Å²) in [5.74, 6) is 1.33. The summed E-state index contributed by atoms with van der Waals surface area (Å²) >= 11 is 0. The second-order valence-corrected chi connectivity index (χ2v) is 4.91. The third-order valence-electron chi connectivity index (χ3n) is 3.57. The molecule has 1 unspecified atom stereocenters. The molecule has 1 fully saturated rings. The lowest BCUT2D eigenvalue weighted by atomic mass is 10.1. The Morgan fingerprint density at radius 3 is 2.58 bits per heavy atom. The SMILES string of the molecule is COc1ccc(NC(=O)N(C)C(CN)C2CC2)cc1. The van der Waals surface area contributed by atoms with E-state index in [-0.39, 0.29) is 12.1 Å². The predicted molar refractivity (Wildman–Crippen MR) is 75.3 cm³/mol. The quantitative estimate of drug-likeness (QED) is 0.852. The van der Waals surface area contributed by atoms with Gasteiger partial charge in [-0.3, -0.25) is 0 Å². The van der Waals surface area contributed by atoms with Crippen LogP contribution >= 0.6 is 0 Å². The van der Waals surface area contributed by atoms with Crippen LogP contribution < -0.4 is 15.8 Å². The van der Waals surface area contributed by atoms with E-state index in [1.165, 1.54) is 12.8 Å². The second kappa shape index (κ2) is 5.93. The molecular weight excluding hydrogens is 242 g/mol. The number of carbonyl (C=O) groups excluding carboxylic acids is 1. The molecule has 5 nitrogen and oxygen atoms in total. The lowest BCUT2D eigenvalue weighted by Gasteiger charge is -2.27. The van der Waals surface area contributed by atoms with Crippen molar-refractivity contribution in [3.05, 3.63) is 24.3 Å². The minimum Gasteiger partial charge on any atom is -0.497 e. The number of urea groups is 1. The lowest BCUT2D eigenvalue weighted by molar-refractivity contribution is 0.198. The number of ether oxygens (including phenoxy) is 1. The van der Waals surface area contributed by atoms with Crippen molar-refractivity contribution < 1.29 is 9.53 Å². The van der Waals surface area contributed by atoms with Gasteiger partial charge in [-0.25, -0.2) is 4.79 Å². The summed E-state index contributed by atoms with van der Waals surface area (Å²) in [4.78, 5) is 13.8. The van der Waals surface area contributed by atoms with E-state index in [2.05, 4.69) is 5.32 Å². The second-order valence-electron chi connectivity index (χ2n) is 4.91. The minimum absolute atomic E-state index is 0.118. The van der Waals surface area contributed by atoms with Gasteiger partial charge in [-0.15, -0.1) is 0 Å². The predicted octanol–water partition coefficient (Wildman–Crippen LogP) is 1.90. The number of hydrogen-bond acceptors (Lipinski definition) is 3. The number of amides is 2. The van der Waals surface area contributed by atoms with Crippen molar-refractivity contribution >= 4 is 11.7 Å². The van der Waals surface area contributed by atoms with Crippen LogP contribution in [0.2, 0.25) is 0 Å². The average Bonchev–Trinajstić information content (AvgIpc) is 3.25. The van der Waals surface area contributed by atoms with Crippen LogP contribution in [0.15, 0.2) is 24.3 Å². The van der Waals surface area contributed by atoms with Crippen LogP contribution in [0.25, 0.3) is 0 Å². The van der Waals surface area contributed by atoms with Crippen molar-refractivity contribution in [1.82, 2.24) is 4.90 Å². The molecule has 104 valence electrons. The highest BCUT2D eigenvalue weighted by Gasteiger charge is 2.34. The highest BCUT2D eigenvalue weighted by atomic mass is 16.5. The Morgan fingerprint density at radius 1 is 1.47 bits per heavy atom. The summed E-state index contributed by atoms with van der Waals surface area (Å²) in [5.41, 5.74) is 6.50. The first kappa shape index (κ1) is 13.7. The van der Waals surface area contributed by atoms with E-state index in [0.29, 0.717) is 12.5 Å². The van der Waals surface area contributed by atoms with Gasteiger partial charge in [-0.05, 0) is 43.0 Å². The average molecular weight is 263 g/mol. The highest BCUT2D eigenvalue weighted by molar-refractivity contribution is 5.89. The van der Waals surface area contributed by atoms with Crippen LogP contribution in [-0.4, -0.2) is 37.7 Å². The molecule has 1 aromatic carbocycles. The van der Waals surface area contributed by atoms with Gasteiger partial charge >= 0.3 is 6.03 Å². The number of anilines is 1. The lowest BCUT2D eigenvalue weighted by Crippen LogP contribution is -2.45. The largest absolute Gasteiger partial charge is 0.497 e. The van der Waals surface area contributed by atoms with Crippen LogP contribution in [0.5, 0.6) is 5.75 Å². The Hall–Kier alpha value is -1.75. The maximum absolute atomic E-state index is 12.1. The van der Waals surface area contributed by atoms with Crippen LogP contribution in [0.3, 0.4) is 0 Å². The molecule has 0 bridgehead atoms. The number of hydrogen-bond donors (Lipinski definition) is 2. The Labute approximate surface area is 113 Å². The van der Waals surface area contributed by atoms with Crippen LogP contribution in [0, 0.1) is 5.92 Å². The fraction of sp³-hybridized carbons (Fsp3) is 0.500. The van der Waals surface area contributed by atoms with E-state index >= 15 is 0 Å². The Balaban J connectivity index is 1.95. The zero-order chi connectivity index (χ0) is 13.8. The van der Waals surface area contributed by atoms with Crippen molar-refractivity contribution in [2.75, 3.05) is 26.0 Å². The molecule has 0 saturated heterocycles.